The fourth-order valence-corrected chi connectivity index (χ4v) is 2.30. The van der Waals surface area contributed by atoms with Crippen molar-refractivity contribution < 1.29 is 48.5 Å². The van der Waals surface area contributed by atoms with Crippen molar-refractivity contribution in [1.29, 1.82) is 0 Å². The Morgan fingerprint density at radius 2 is 1.38 bits per heavy atom. The van der Waals surface area contributed by atoms with Crippen LogP contribution < -0.4 is 10.6 Å². The maximum absolute atomic E-state index is 12.0. The van der Waals surface area contributed by atoms with E-state index in [1.54, 1.807) is 36.5 Å². The van der Waals surface area contributed by atoms with E-state index in [0.717, 1.165) is 0 Å². The summed E-state index contributed by atoms with van der Waals surface area (Å²) >= 11 is -1.31. The van der Waals surface area contributed by atoms with Gasteiger partial charge in [0.05, 0.1) is 20.3 Å². The summed E-state index contributed by atoms with van der Waals surface area (Å²) in [4.78, 5) is 23.9. The van der Waals surface area contributed by atoms with Gasteiger partial charge in [-0.2, -0.15) is 0 Å². The Morgan fingerprint density at radius 3 is 1.72 bits per heavy atom. The Labute approximate surface area is 175 Å². The molecule has 0 unspecified atom stereocenters. The summed E-state index contributed by atoms with van der Waals surface area (Å²) in [5, 5.41) is 15.8. The molecule has 0 aromatic rings. The van der Waals surface area contributed by atoms with E-state index in [1.165, 1.54) is 26.6 Å². The molecule has 0 aromatic heterocycles. The molecular formula is C19H24N2O7V+. The molecule has 0 saturated carbocycles. The van der Waals surface area contributed by atoms with Gasteiger partial charge in [-0.3, -0.25) is 9.59 Å². The topological polar surface area (TPSA) is 137 Å². The molecule has 0 spiro atoms. The molecule has 156 valence electrons. The zero-order valence-corrected chi connectivity index (χ0v) is 17.4. The van der Waals surface area contributed by atoms with Crippen molar-refractivity contribution in [2.45, 2.75) is 6.10 Å². The van der Waals surface area contributed by atoms with Crippen LogP contribution in [0.2, 0.25) is 0 Å². The predicted octanol–water partition coefficient (Wildman–Crippen LogP) is -0.313. The predicted molar refractivity (Wildman–Crippen MR) is 101 cm³/mol. The van der Waals surface area contributed by atoms with E-state index in [1.807, 2.05) is 0 Å². The first-order valence-electron chi connectivity index (χ1n) is 8.46. The molecule has 0 saturated heterocycles. The summed E-state index contributed by atoms with van der Waals surface area (Å²) in [6.07, 6.45) is 12.3. The van der Waals surface area contributed by atoms with Crippen molar-refractivity contribution >= 4 is 11.6 Å². The number of Topliss-reactive ketones (excluding diaryl/α,β-unsaturated/α-hetero) is 2. The van der Waals surface area contributed by atoms with Crippen LogP contribution in [0.5, 0.6) is 0 Å². The standard InChI is InChI=1S/C19H22N2O5.H2O.O.V/c1-25-16-7-3-5-13(18(16)23)9-20-11-15(22)12-21-10-14-6-4-8-17(26-2)19(14)24;;;/h3-10,15,20-22H,11-12H2,1-2H3;1H2;;/q;;;+1. The van der Waals surface area contributed by atoms with E-state index >= 15 is 0 Å². The molecule has 2 aliphatic carbocycles. The van der Waals surface area contributed by atoms with Gasteiger partial charge >= 0.3 is 24.3 Å². The molecule has 10 heteroatoms. The van der Waals surface area contributed by atoms with Gasteiger partial charge in [-0.15, -0.1) is 0 Å². The number of nitrogens with one attached hydrogen (secondary N) is 2. The summed E-state index contributed by atoms with van der Waals surface area (Å²) in [7, 11) is 2.88. The molecule has 29 heavy (non-hydrogen) atoms. The third kappa shape index (κ3) is 8.04. The molecule has 0 fully saturated rings. The van der Waals surface area contributed by atoms with Gasteiger partial charge < -0.3 is 25.2 Å². The first kappa shape index (κ1) is 24.3. The zero-order chi connectivity index (χ0) is 21.6. The van der Waals surface area contributed by atoms with Gasteiger partial charge in [0.15, 0.2) is 11.5 Å². The van der Waals surface area contributed by atoms with E-state index in [-0.39, 0.29) is 36.2 Å². The number of allylic oxidation sites excluding steroid dienone is 8. The summed E-state index contributed by atoms with van der Waals surface area (Å²) in [6.45, 7) is 0.472. The van der Waals surface area contributed by atoms with Crippen LogP contribution in [-0.2, 0) is 39.3 Å². The van der Waals surface area contributed by atoms with Crippen molar-refractivity contribution in [2.24, 2.45) is 0 Å². The second-order valence-electron chi connectivity index (χ2n) is 5.61. The normalized spacial score (nSPS) is 19.0. The number of aliphatic hydroxyl groups excluding tert-OH is 1. The Morgan fingerprint density at radius 1 is 1.00 bits per heavy atom. The Hall–Kier alpha value is -2.72. The number of carbonyl (C=O) groups excluding carboxylic acids is 2. The van der Waals surface area contributed by atoms with Gasteiger partial charge in [0.1, 0.15) is 0 Å². The molecule has 0 amide bonds. The number of aliphatic hydroxyl groups is 1. The first-order valence-corrected chi connectivity index (χ1v) is 9.73. The van der Waals surface area contributed by atoms with Crippen LogP contribution in [0.3, 0.4) is 0 Å². The van der Waals surface area contributed by atoms with Gasteiger partial charge in [0.25, 0.3) is 0 Å². The van der Waals surface area contributed by atoms with Crippen LogP contribution in [-0.4, -0.2) is 54.1 Å². The minimum absolute atomic E-state index is 0.218. The van der Waals surface area contributed by atoms with Crippen molar-refractivity contribution in [3.63, 3.8) is 0 Å². The molecule has 0 radical (unpaired) electrons. The third-order valence-corrected chi connectivity index (χ3v) is 3.68. The van der Waals surface area contributed by atoms with Crippen LogP contribution in [0.4, 0.5) is 0 Å². The minimum atomic E-state index is -1.31. The number of hydrogen-bond acceptors (Lipinski definition) is 8. The van der Waals surface area contributed by atoms with E-state index in [9.17, 15) is 14.7 Å². The van der Waals surface area contributed by atoms with Crippen LogP contribution >= 0.6 is 0 Å². The number of carbonyl (C=O) groups is 2. The van der Waals surface area contributed by atoms with Crippen molar-refractivity contribution in [3.05, 3.63) is 71.5 Å². The van der Waals surface area contributed by atoms with Crippen molar-refractivity contribution in [3.8, 4) is 0 Å². The Bertz CT molecular complexity index is 732. The number of methoxy groups -OCH3 is 2. The number of ketones is 2. The second-order valence-corrected chi connectivity index (χ2v) is 5.89. The van der Waals surface area contributed by atoms with Gasteiger partial charge in [-0.05, 0) is 24.3 Å². The molecule has 0 aromatic carbocycles. The molecule has 0 aliphatic heterocycles. The summed E-state index contributed by atoms with van der Waals surface area (Å²) < 4.78 is 24.4. The average molecular weight is 443 g/mol. The maximum atomic E-state index is 12.0. The Balaban J connectivity index is 0.00000132. The molecule has 9 nitrogen and oxygen atoms in total. The summed E-state index contributed by atoms with van der Waals surface area (Å²) in [5.74, 6) is 0.0991. The summed E-state index contributed by atoms with van der Waals surface area (Å²) in [5.41, 5.74) is 0.895. The molecule has 2 aliphatic rings. The number of rotatable bonds is 8. The average Bonchev–Trinajstić information content (AvgIpc) is 2.71. The first-order chi connectivity index (χ1) is 14.0. The van der Waals surface area contributed by atoms with E-state index in [2.05, 4.69) is 10.6 Å². The quantitative estimate of drug-likeness (QED) is 0.343. The second kappa shape index (κ2) is 13.5. The van der Waals surface area contributed by atoms with Crippen molar-refractivity contribution in [2.75, 3.05) is 27.3 Å². The fourth-order valence-electron chi connectivity index (χ4n) is 2.30. The Kier molecular flexibility index (Phi) is 11.3. The fraction of sp³-hybridized carbons (Fsp3) is 0.263. The molecule has 0 bridgehead atoms. The molecule has 5 N–H and O–H groups in total. The molecule has 2 rings (SSSR count). The SMILES string of the molecule is COC1=CC=CC(=CNCC(O)CNC=C2C=CC=C(OC)C2=O)C1=O.[O]=[V][OH2+]. The number of ether oxygens (including phenoxy) is 2. The zero-order valence-electron chi connectivity index (χ0n) is 16.0. The van der Waals surface area contributed by atoms with Crippen molar-refractivity contribution in [1.82, 2.24) is 10.6 Å². The van der Waals surface area contributed by atoms with Gasteiger partial charge in [0.2, 0.25) is 11.6 Å². The molecular weight excluding hydrogens is 419 g/mol. The monoisotopic (exact) mass is 443 g/mol. The molecule has 0 atom stereocenters. The van der Waals surface area contributed by atoms with E-state index in [0.29, 0.717) is 11.1 Å². The van der Waals surface area contributed by atoms with E-state index < -0.39 is 22.7 Å². The van der Waals surface area contributed by atoms with Gasteiger partial charge in [0, 0.05) is 36.6 Å². The summed E-state index contributed by atoms with van der Waals surface area (Å²) in [6, 6.07) is 0. The van der Waals surface area contributed by atoms with Crippen LogP contribution in [0.25, 0.3) is 0 Å². The number of hydrogen-bond donors (Lipinski definition) is 3. The van der Waals surface area contributed by atoms with Crippen LogP contribution in [0.15, 0.2) is 71.5 Å². The third-order valence-electron chi connectivity index (χ3n) is 3.68. The van der Waals surface area contributed by atoms with Gasteiger partial charge in [-0.1, -0.05) is 12.2 Å². The van der Waals surface area contributed by atoms with E-state index in [4.69, 9.17) is 17.2 Å². The van der Waals surface area contributed by atoms with Crippen LogP contribution in [0, 0.1) is 0 Å². The van der Waals surface area contributed by atoms with Gasteiger partial charge in [-0.25, -0.2) is 0 Å². The molecule has 0 heterocycles. The van der Waals surface area contributed by atoms with Crippen LogP contribution in [0.1, 0.15) is 0 Å².